The van der Waals surface area contributed by atoms with Crippen LogP contribution in [0.15, 0.2) is 0 Å². The van der Waals surface area contributed by atoms with Crippen LogP contribution in [-0.4, -0.2) is 24.2 Å². The third kappa shape index (κ3) is 4.09. The lowest BCUT2D eigenvalue weighted by atomic mass is 9.96. The van der Waals surface area contributed by atoms with Crippen molar-refractivity contribution >= 4 is 5.91 Å². The predicted octanol–water partition coefficient (Wildman–Crippen LogP) is 1.46. The van der Waals surface area contributed by atoms with Crippen LogP contribution in [0.25, 0.3) is 0 Å². The number of nitrogens with one attached hydrogen (secondary N) is 1. The Hall–Kier alpha value is -0.570. The number of unbranched alkanes of at least 4 members (excludes halogenated alkanes) is 2. The van der Waals surface area contributed by atoms with E-state index in [2.05, 4.69) is 5.32 Å². The fourth-order valence-corrected chi connectivity index (χ4v) is 1.96. The molecular weight excluding hydrogens is 178 g/mol. The maximum atomic E-state index is 11.5. The van der Waals surface area contributed by atoms with Gasteiger partial charge in [-0.15, -0.1) is 0 Å². The molecule has 3 nitrogen and oxygen atoms in total. The zero-order valence-corrected chi connectivity index (χ0v) is 8.80. The van der Waals surface area contributed by atoms with Gasteiger partial charge in [0, 0.05) is 19.1 Å². The van der Waals surface area contributed by atoms with Gasteiger partial charge in [-0.1, -0.05) is 19.3 Å². The molecule has 82 valence electrons. The van der Waals surface area contributed by atoms with Gasteiger partial charge in [0.1, 0.15) is 0 Å². The van der Waals surface area contributed by atoms with E-state index in [1.165, 1.54) is 6.42 Å². The first-order valence-corrected chi connectivity index (χ1v) is 5.73. The van der Waals surface area contributed by atoms with Gasteiger partial charge in [-0.05, 0) is 25.7 Å². The van der Waals surface area contributed by atoms with E-state index in [4.69, 9.17) is 5.11 Å². The van der Waals surface area contributed by atoms with E-state index in [1.54, 1.807) is 0 Å². The fraction of sp³-hybridized carbons (Fsp3) is 0.909. The molecule has 1 aliphatic rings. The summed E-state index contributed by atoms with van der Waals surface area (Å²) in [6.45, 7) is 1.13. The molecule has 0 aliphatic carbocycles. The molecule has 1 amide bonds. The Morgan fingerprint density at radius 2 is 2.14 bits per heavy atom. The number of hydrogen-bond acceptors (Lipinski definition) is 2. The minimum atomic E-state index is 0.233. The van der Waals surface area contributed by atoms with Crippen molar-refractivity contribution in [3.8, 4) is 0 Å². The Morgan fingerprint density at radius 3 is 2.93 bits per heavy atom. The summed E-state index contributed by atoms with van der Waals surface area (Å²) >= 11 is 0. The van der Waals surface area contributed by atoms with Crippen molar-refractivity contribution in [2.24, 2.45) is 5.92 Å². The summed E-state index contributed by atoms with van der Waals surface area (Å²) in [5, 5.41) is 11.6. The molecule has 1 rings (SSSR count). The minimum absolute atomic E-state index is 0.233. The second-order valence-electron chi connectivity index (χ2n) is 4.06. The highest BCUT2D eigenvalue weighted by Crippen LogP contribution is 2.18. The number of carbonyl (C=O) groups excluding carboxylic acids is 1. The van der Waals surface area contributed by atoms with E-state index in [-0.39, 0.29) is 18.4 Å². The van der Waals surface area contributed by atoms with Gasteiger partial charge >= 0.3 is 0 Å². The first-order valence-electron chi connectivity index (χ1n) is 5.73. The van der Waals surface area contributed by atoms with Crippen LogP contribution in [0.3, 0.4) is 0 Å². The van der Waals surface area contributed by atoms with E-state index in [1.807, 2.05) is 0 Å². The van der Waals surface area contributed by atoms with Crippen molar-refractivity contribution in [2.45, 2.75) is 44.9 Å². The van der Waals surface area contributed by atoms with Crippen LogP contribution in [0.2, 0.25) is 0 Å². The molecule has 1 fully saturated rings. The molecule has 0 radical (unpaired) electrons. The number of amides is 1. The van der Waals surface area contributed by atoms with Gasteiger partial charge in [0.15, 0.2) is 0 Å². The van der Waals surface area contributed by atoms with Crippen LogP contribution in [0, 0.1) is 5.92 Å². The SMILES string of the molecule is O=C1NCCCCC1CCCCCO. The molecule has 2 N–H and O–H groups in total. The van der Waals surface area contributed by atoms with Crippen LogP contribution >= 0.6 is 0 Å². The largest absolute Gasteiger partial charge is 0.396 e. The van der Waals surface area contributed by atoms with Gasteiger partial charge in [0.2, 0.25) is 5.91 Å². The van der Waals surface area contributed by atoms with Crippen LogP contribution in [0.5, 0.6) is 0 Å². The molecule has 0 bridgehead atoms. The van der Waals surface area contributed by atoms with Gasteiger partial charge < -0.3 is 10.4 Å². The van der Waals surface area contributed by atoms with Crippen molar-refractivity contribution in [1.82, 2.24) is 5.32 Å². The Bertz CT molecular complexity index is 171. The first-order chi connectivity index (χ1) is 6.84. The summed E-state index contributed by atoms with van der Waals surface area (Å²) in [4.78, 5) is 11.5. The van der Waals surface area contributed by atoms with E-state index >= 15 is 0 Å². The van der Waals surface area contributed by atoms with Gasteiger partial charge in [0.25, 0.3) is 0 Å². The molecule has 1 aliphatic heterocycles. The monoisotopic (exact) mass is 199 g/mol. The fourth-order valence-electron chi connectivity index (χ4n) is 1.96. The minimum Gasteiger partial charge on any atom is -0.396 e. The van der Waals surface area contributed by atoms with Crippen molar-refractivity contribution in [1.29, 1.82) is 0 Å². The van der Waals surface area contributed by atoms with Crippen LogP contribution < -0.4 is 5.32 Å². The molecule has 3 heteroatoms. The Labute approximate surface area is 85.9 Å². The third-order valence-corrected chi connectivity index (χ3v) is 2.86. The number of aliphatic hydroxyl groups is 1. The van der Waals surface area contributed by atoms with Crippen LogP contribution in [0.4, 0.5) is 0 Å². The molecule has 0 aromatic carbocycles. The van der Waals surface area contributed by atoms with E-state index < -0.39 is 0 Å². The Morgan fingerprint density at radius 1 is 1.29 bits per heavy atom. The smallest absolute Gasteiger partial charge is 0.223 e. The van der Waals surface area contributed by atoms with E-state index in [0.29, 0.717) is 0 Å². The second-order valence-corrected chi connectivity index (χ2v) is 4.06. The second kappa shape index (κ2) is 6.82. The molecule has 0 saturated carbocycles. The predicted molar refractivity (Wildman–Crippen MR) is 55.9 cm³/mol. The van der Waals surface area contributed by atoms with Crippen LogP contribution in [-0.2, 0) is 4.79 Å². The summed E-state index contributed by atoms with van der Waals surface area (Å²) in [5.74, 6) is 0.475. The molecule has 1 saturated heterocycles. The van der Waals surface area contributed by atoms with Gasteiger partial charge in [0.05, 0.1) is 0 Å². The topological polar surface area (TPSA) is 49.3 Å². The highest BCUT2D eigenvalue weighted by atomic mass is 16.2. The average Bonchev–Trinajstić information content (AvgIpc) is 2.39. The maximum Gasteiger partial charge on any atom is 0.223 e. The molecule has 14 heavy (non-hydrogen) atoms. The van der Waals surface area contributed by atoms with Crippen molar-refractivity contribution in [3.63, 3.8) is 0 Å². The highest BCUT2D eigenvalue weighted by Gasteiger charge is 2.19. The molecule has 1 atom stereocenters. The summed E-state index contributed by atoms with van der Waals surface area (Å²) in [5.41, 5.74) is 0. The number of carbonyl (C=O) groups is 1. The lowest BCUT2D eigenvalue weighted by Crippen LogP contribution is -2.28. The zero-order chi connectivity index (χ0) is 10.2. The summed E-state index contributed by atoms with van der Waals surface area (Å²) in [6.07, 6.45) is 7.31. The number of rotatable bonds is 5. The van der Waals surface area contributed by atoms with Gasteiger partial charge in [-0.3, -0.25) is 4.79 Å². The standard InChI is InChI=1S/C11H21NO2/c13-9-5-1-2-6-10-7-3-4-8-12-11(10)14/h10,13H,1-9H2,(H,12,14). The van der Waals surface area contributed by atoms with Gasteiger partial charge in [-0.2, -0.15) is 0 Å². The number of aliphatic hydroxyl groups excluding tert-OH is 1. The van der Waals surface area contributed by atoms with E-state index in [9.17, 15) is 4.79 Å². The first kappa shape index (κ1) is 11.5. The summed E-state index contributed by atoms with van der Waals surface area (Å²) in [7, 11) is 0. The third-order valence-electron chi connectivity index (χ3n) is 2.86. The van der Waals surface area contributed by atoms with E-state index in [0.717, 1.165) is 45.1 Å². The van der Waals surface area contributed by atoms with Crippen molar-refractivity contribution < 1.29 is 9.90 Å². The molecule has 1 heterocycles. The Kier molecular flexibility index (Phi) is 5.60. The van der Waals surface area contributed by atoms with Crippen molar-refractivity contribution in [2.75, 3.05) is 13.2 Å². The quantitative estimate of drug-likeness (QED) is 0.658. The normalized spacial score (nSPS) is 22.9. The molecular formula is C11H21NO2. The molecule has 1 unspecified atom stereocenters. The van der Waals surface area contributed by atoms with Crippen LogP contribution in [0.1, 0.15) is 44.9 Å². The maximum absolute atomic E-state index is 11.5. The molecule has 0 spiro atoms. The highest BCUT2D eigenvalue weighted by molar-refractivity contribution is 5.78. The number of hydrogen-bond donors (Lipinski definition) is 2. The lowest BCUT2D eigenvalue weighted by Gasteiger charge is -2.12. The molecule has 0 aromatic rings. The Balaban J connectivity index is 2.16. The lowest BCUT2D eigenvalue weighted by molar-refractivity contribution is -0.124. The summed E-state index contributed by atoms with van der Waals surface area (Å²) < 4.78 is 0. The van der Waals surface area contributed by atoms with Crippen molar-refractivity contribution in [3.05, 3.63) is 0 Å². The zero-order valence-electron chi connectivity index (χ0n) is 8.80. The molecule has 0 aromatic heterocycles. The average molecular weight is 199 g/mol. The summed E-state index contributed by atoms with van der Waals surface area (Å²) in [6, 6.07) is 0. The van der Waals surface area contributed by atoms with Gasteiger partial charge in [-0.25, -0.2) is 0 Å².